The molecule has 5 nitrogen and oxygen atoms in total. The van der Waals surface area contributed by atoms with Crippen LogP contribution in [0.5, 0.6) is 0 Å². The Hall–Kier alpha value is -1.08. The molecule has 1 fully saturated rings. The molecule has 2 unspecified atom stereocenters. The molecule has 0 aromatic carbocycles. The number of hydrogen-bond acceptors (Lipinski definition) is 4. The van der Waals surface area contributed by atoms with E-state index in [2.05, 4.69) is 20.9 Å². The molecular formula is C13H15BrN2O3S. The molecule has 1 aliphatic heterocycles. The molecule has 1 saturated heterocycles. The third-order valence-corrected chi connectivity index (χ3v) is 5.37. The topological polar surface area (TPSA) is 70.5 Å². The lowest BCUT2D eigenvalue weighted by Gasteiger charge is -2.29. The predicted octanol–water partition coefficient (Wildman–Crippen LogP) is 2.47. The molecule has 0 radical (unpaired) electrons. The Morgan fingerprint density at radius 2 is 2.25 bits per heavy atom. The Kier molecular flexibility index (Phi) is 4.70. The number of thioether (sulfide) groups is 1. The van der Waals surface area contributed by atoms with E-state index >= 15 is 0 Å². The molecule has 1 amide bonds. The van der Waals surface area contributed by atoms with Crippen molar-refractivity contribution in [1.82, 2.24) is 9.88 Å². The van der Waals surface area contributed by atoms with Gasteiger partial charge in [-0.1, -0.05) is 13.8 Å². The zero-order chi connectivity index (χ0) is 14.9. The molecule has 0 aliphatic carbocycles. The minimum atomic E-state index is -0.964. The fraction of sp³-hybridized carbons (Fsp3) is 0.462. The number of hydrogen-bond donors (Lipinski definition) is 1. The van der Waals surface area contributed by atoms with Crippen molar-refractivity contribution in [1.29, 1.82) is 0 Å². The van der Waals surface area contributed by atoms with Gasteiger partial charge in [-0.25, -0.2) is 9.78 Å². The summed E-state index contributed by atoms with van der Waals surface area (Å²) in [5.41, 5.74) is 0.395. The Labute approximate surface area is 129 Å². The molecule has 108 valence electrons. The minimum Gasteiger partial charge on any atom is -0.480 e. The van der Waals surface area contributed by atoms with E-state index in [1.165, 1.54) is 16.7 Å². The van der Waals surface area contributed by atoms with Crippen LogP contribution >= 0.6 is 27.7 Å². The number of carbonyl (C=O) groups is 2. The van der Waals surface area contributed by atoms with Crippen LogP contribution in [-0.2, 0) is 4.79 Å². The van der Waals surface area contributed by atoms with Crippen LogP contribution in [0.4, 0.5) is 0 Å². The summed E-state index contributed by atoms with van der Waals surface area (Å²) in [6.45, 7) is 3.97. The summed E-state index contributed by atoms with van der Waals surface area (Å²) in [6.07, 6.45) is 1.58. The average Bonchev–Trinajstić information content (AvgIpc) is 2.83. The highest BCUT2D eigenvalue weighted by Crippen LogP contribution is 2.35. The predicted molar refractivity (Wildman–Crippen MR) is 80.6 cm³/mol. The fourth-order valence-corrected chi connectivity index (χ4v) is 4.06. The lowest BCUT2D eigenvalue weighted by atomic mass is 10.1. The molecule has 1 aliphatic rings. The van der Waals surface area contributed by atoms with Gasteiger partial charge in [0.2, 0.25) is 0 Å². The van der Waals surface area contributed by atoms with Gasteiger partial charge < -0.3 is 10.0 Å². The first kappa shape index (κ1) is 15.3. The van der Waals surface area contributed by atoms with Crippen molar-refractivity contribution in [2.24, 2.45) is 5.92 Å². The van der Waals surface area contributed by atoms with Crippen LogP contribution < -0.4 is 0 Å². The number of halogens is 1. The third kappa shape index (κ3) is 2.83. The van der Waals surface area contributed by atoms with E-state index in [0.29, 0.717) is 15.9 Å². The maximum absolute atomic E-state index is 12.7. The maximum atomic E-state index is 12.7. The van der Waals surface area contributed by atoms with E-state index in [1.807, 2.05) is 13.8 Å². The summed E-state index contributed by atoms with van der Waals surface area (Å²) >= 11 is 4.76. The number of aliphatic carboxylic acids is 1. The zero-order valence-electron chi connectivity index (χ0n) is 11.1. The van der Waals surface area contributed by atoms with E-state index in [4.69, 9.17) is 0 Å². The minimum absolute atomic E-state index is 0.129. The average molecular weight is 359 g/mol. The molecule has 2 rings (SSSR count). The van der Waals surface area contributed by atoms with Crippen LogP contribution in [0.2, 0.25) is 0 Å². The van der Waals surface area contributed by atoms with Crippen molar-refractivity contribution in [2.75, 3.05) is 5.75 Å². The van der Waals surface area contributed by atoms with Gasteiger partial charge in [-0.3, -0.25) is 4.79 Å². The second-order valence-electron chi connectivity index (χ2n) is 4.88. The van der Waals surface area contributed by atoms with Crippen molar-refractivity contribution < 1.29 is 14.7 Å². The monoisotopic (exact) mass is 358 g/mol. The summed E-state index contributed by atoms with van der Waals surface area (Å²) in [5, 5.41) is 9.18. The van der Waals surface area contributed by atoms with Crippen LogP contribution in [0.15, 0.2) is 22.9 Å². The van der Waals surface area contributed by atoms with Crippen LogP contribution in [-0.4, -0.2) is 44.0 Å². The maximum Gasteiger partial charge on any atom is 0.327 e. The number of carboxylic acids is 1. The number of carboxylic acid groups (broad SMARTS) is 1. The van der Waals surface area contributed by atoms with Crippen molar-refractivity contribution in [3.05, 3.63) is 28.5 Å². The lowest BCUT2D eigenvalue weighted by Crippen LogP contribution is -2.47. The van der Waals surface area contributed by atoms with Crippen molar-refractivity contribution >= 4 is 39.6 Å². The van der Waals surface area contributed by atoms with Gasteiger partial charge in [0.15, 0.2) is 0 Å². The molecule has 1 N–H and O–H groups in total. The largest absolute Gasteiger partial charge is 0.480 e. The molecule has 1 aromatic rings. The summed E-state index contributed by atoms with van der Waals surface area (Å²) in [4.78, 5) is 29.5. The van der Waals surface area contributed by atoms with Gasteiger partial charge in [0.25, 0.3) is 5.91 Å². The molecule has 0 spiro atoms. The molecule has 0 saturated carbocycles. The molecule has 2 atom stereocenters. The zero-order valence-corrected chi connectivity index (χ0v) is 13.5. The lowest BCUT2D eigenvalue weighted by molar-refractivity contribution is -0.141. The van der Waals surface area contributed by atoms with Crippen molar-refractivity contribution in [2.45, 2.75) is 25.3 Å². The van der Waals surface area contributed by atoms with Gasteiger partial charge in [-0.05, 0) is 34.0 Å². The summed E-state index contributed by atoms with van der Waals surface area (Å²) in [7, 11) is 0. The molecule has 7 heteroatoms. The van der Waals surface area contributed by atoms with E-state index in [1.54, 1.807) is 18.3 Å². The summed E-state index contributed by atoms with van der Waals surface area (Å²) in [5.74, 6) is -0.652. The highest BCUT2D eigenvalue weighted by atomic mass is 79.9. The standard InChI is InChI=1S/C13H15BrN2O3S/c1-7(2)12-16(9(6-20-12)13(18)19)11(17)8-4-3-5-15-10(8)14/h3-5,7,9,12H,6H2,1-2H3,(H,18,19). The van der Waals surface area contributed by atoms with Gasteiger partial charge in [-0.15, -0.1) is 11.8 Å². The fourth-order valence-electron chi connectivity index (χ4n) is 2.17. The second kappa shape index (κ2) is 6.13. The van der Waals surface area contributed by atoms with Gasteiger partial charge in [0.05, 0.1) is 10.9 Å². The smallest absolute Gasteiger partial charge is 0.327 e. The van der Waals surface area contributed by atoms with Gasteiger partial charge in [0, 0.05) is 11.9 Å². The number of rotatable bonds is 3. The molecule has 1 aromatic heterocycles. The number of carbonyl (C=O) groups excluding carboxylic acids is 1. The number of pyridine rings is 1. The van der Waals surface area contributed by atoms with Gasteiger partial charge >= 0.3 is 5.97 Å². The highest BCUT2D eigenvalue weighted by molar-refractivity contribution is 9.10. The first-order chi connectivity index (χ1) is 9.43. The number of nitrogens with zero attached hydrogens (tertiary/aromatic N) is 2. The van der Waals surface area contributed by atoms with E-state index in [-0.39, 0.29) is 17.2 Å². The Balaban J connectivity index is 2.37. The molecule has 2 heterocycles. The van der Waals surface area contributed by atoms with E-state index < -0.39 is 12.0 Å². The second-order valence-corrected chi connectivity index (χ2v) is 6.78. The van der Waals surface area contributed by atoms with Crippen molar-refractivity contribution in [3.8, 4) is 0 Å². The SMILES string of the molecule is CC(C)C1SCC(C(=O)O)N1C(=O)c1cccnc1Br. The highest BCUT2D eigenvalue weighted by Gasteiger charge is 2.43. The normalized spacial score (nSPS) is 22.3. The van der Waals surface area contributed by atoms with Gasteiger partial charge in [0.1, 0.15) is 10.6 Å². The third-order valence-electron chi connectivity index (χ3n) is 3.11. The van der Waals surface area contributed by atoms with Crippen LogP contribution in [0, 0.1) is 5.92 Å². The van der Waals surface area contributed by atoms with Gasteiger partial charge in [-0.2, -0.15) is 0 Å². The summed E-state index contributed by atoms with van der Waals surface area (Å²) in [6, 6.07) is 2.53. The Bertz CT molecular complexity index is 538. The van der Waals surface area contributed by atoms with Crippen molar-refractivity contribution in [3.63, 3.8) is 0 Å². The Morgan fingerprint density at radius 1 is 1.55 bits per heavy atom. The first-order valence-electron chi connectivity index (χ1n) is 6.21. The first-order valence-corrected chi connectivity index (χ1v) is 8.05. The van der Waals surface area contributed by atoms with Crippen LogP contribution in [0.25, 0.3) is 0 Å². The molecule has 20 heavy (non-hydrogen) atoms. The quantitative estimate of drug-likeness (QED) is 0.840. The molecular weight excluding hydrogens is 344 g/mol. The number of aromatic nitrogens is 1. The number of amides is 1. The Morgan fingerprint density at radius 3 is 2.80 bits per heavy atom. The summed E-state index contributed by atoms with van der Waals surface area (Å²) < 4.78 is 0.438. The molecule has 0 bridgehead atoms. The van der Waals surface area contributed by atoms with Crippen LogP contribution in [0.1, 0.15) is 24.2 Å². The van der Waals surface area contributed by atoms with E-state index in [0.717, 1.165) is 0 Å². The van der Waals surface area contributed by atoms with Crippen LogP contribution in [0.3, 0.4) is 0 Å². The van der Waals surface area contributed by atoms with E-state index in [9.17, 15) is 14.7 Å².